The first-order valence-corrected chi connectivity index (χ1v) is 10.4. The number of anilines is 1. The summed E-state index contributed by atoms with van der Waals surface area (Å²) in [7, 11) is 0. The third-order valence-electron chi connectivity index (χ3n) is 5.02. The second kappa shape index (κ2) is 6.70. The molecule has 1 aromatic heterocycles. The maximum atomic E-state index is 12.8. The summed E-state index contributed by atoms with van der Waals surface area (Å²) in [6.45, 7) is 4.26. The number of nitrogens with zero attached hydrogens (tertiary/aromatic N) is 1. The molecule has 7 heteroatoms. The molecule has 0 unspecified atom stereocenters. The Bertz CT molecular complexity index is 905. The van der Waals surface area contributed by atoms with Crippen molar-refractivity contribution in [1.29, 1.82) is 0 Å². The lowest BCUT2D eigenvalue weighted by Gasteiger charge is -2.23. The molecule has 2 aliphatic carbocycles. The van der Waals surface area contributed by atoms with Gasteiger partial charge in [0, 0.05) is 10.9 Å². The molecule has 2 aromatic rings. The van der Waals surface area contributed by atoms with E-state index in [0.717, 1.165) is 21.0 Å². The van der Waals surface area contributed by atoms with Crippen molar-refractivity contribution >= 4 is 50.9 Å². The van der Waals surface area contributed by atoms with Crippen LogP contribution in [0.5, 0.6) is 0 Å². The van der Waals surface area contributed by atoms with E-state index >= 15 is 0 Å². The number of aliphatic carboxylic acids is 1. The van der Waals surface area contributed by atoms with Crippen molar-refractivity contribution in [3.05, 3.63) is 30.4 Å². The highest BCUT2D eigenvalue weighted by molar-refractivity contribution is 8.01. The standard InChI is InChI=1S/C19H20N2O3S2/c1-9(2)25-19-21-13-6-5-12(8-14(13)26-19)20-17(22)15-10-3-4-11(7-10)16(15)18(23)24/h3-6,8-11,15-16H,7H2,1-2H3,(H,20,22)(H,23,24)/t10-,11-,15-,16-/m0/s1. The topological polar surface area (TPSA) is 79.3 Å². The molecule has 1 fully saturated rings. The number of fused-ring (bicyclic) bond motifs is 3. The zero-order valence-corrected chi connectivity index (χ0v) is 16.1. The molecule has 1 saturated carbocycles. The second-order valence-corrected chi connectivity index (χ2v) is 10.0. The van der Waals surface area contributed by atoms with Crippen molar-refractivity contribution in [1.82, 2.24) is 4.98 Å². The third kappa shape index (κ3) is 3.14. The number of hydrogen-bond acceptors (Lipinski definition) is 5. The number of thiazole rings is 1. The molecule has 0 saturated heterocycles. The first-order valence-electron chi connectivity index (χ1n) is 8.71. The summed E-state index contributed by atoms with van der Waals surface area (Å²) in [5, 5.41) is 12.9. The van der Waals surface area contributed by atoms with Crippen molar-refractivity contribution in [2.75, 3.05) is 5.32 Å². The van der Waals surface area contributed by atoms with Crippen LogP contribution in [0.3, 0.4) is 0 Å². The lowest BCUT2D eigenvalue weighted by Crippen LogP contribution is -2.36. The summed E-state index contributed by atoms with van der Waals surface area (Å²) in [5.74, 6) is -2.18. The Labute approximate surface area is 159 Å². The highest BCUT2D eigenvalue weighted by Crippen LogP contribution is 2.48. The fourth-order valence-electron chi connectivity index (χ4n) is 3.98. The summed E-state index contributed by atoms with van der Waals surface area (Å²) in [4.78, 5) is 29.0. The van der Waals surface area contributed by atoms with Gasteiger partial charge >= 0.3 is 5.97 Å². The number of benzene rings is 1. The number of nitrogens with one attached hydrogen (secondary N) is 1. The van der Waals surface area contributed by atoms with Crippen LogP contribution in [0.25, 0.3) is 10.2 Å². The molecule has 26 heavy (non-hydrogen) atoms. The minimum absolute atomic E-state index is 0.0205. The number of aromatic nitrogens is 1. The van der Waals surface area contributed by atoms with E-state index in [2.05, 4.69) is 24.1 Å². The molecule has 5 nitrogen and oxygen atoms in total. The van der Waals surface area contributed by atoms with E-state index in [4.69, 9.17) is 0 Å². The number of carbonyl (C=O) groups excluding carboxylic acids is 1. The molecule has 1 amide bonds. The number of carboxylic acids is 1. The van der Waals surface area contributed by atoms with E-state index < -0.39 is 17.8 Å². The van der Waals surface area contributed by atoms with Crippen LogP contribution in [0.4, 0.5) is 5.69 Å². The summed E-state index contributed by atoms with van der Waals surface area (Å²) in [6, 6.07) is 5.66. The highest BCUT2D eigenvalue weighted by atomic mass is 32.2. The molecular formula is C19H20N2O3S2. The molecule has 2 N–H and O–H groups in total. The molecule has 2 aliphatic rings. The molecular weight excluding hydrogens is 368 g/mol. The molecule has 1 heterocycles. The van der Waals surface area contributed by atoms with Gasteiger partial charge in [0.25, 0.3) is 0 Å². The summed E-state index contributed by atoms with van der Waals surface area (Å²) in [6.07, 6.45) is 4.71. The van der Waals surface area contributed by atoms with E-state index in [-0.39, 0.29) is 17.7 Å². The maximum Gasteiger partial charge on any atom is 0.307 e. The quantitative estimate of drug-likeness (QED) is 0.591. The van der Waals surface area contributed by atoms with Gasteiger partial charge in [0.05, 0.1) is 22.1 Å². The largest absolute Gasteiger partial charge is 0.481 e. The molecule has 0 aliphatic heterocycles. The van der Waals surface area contributed by atoms with Crippen LogP contribution in [-0.2, 0) is 9.59 Å². The van der Waals surface area contributed by atoms with Crippen LogP contribution in [-0.4, -0.2) is 27.2 Å². The van der Waals surface area contributed by atoms with E-state index in [0.29, 0.717) is 10.9 Å². The summed E-state index contributed by atoms with van der Waals surface area (Å²) < 4.78 is 2.04. The fraction of sp³-hybridized carbons (Fsp3) is 0.421. The molecule has 4 atom stereocenters. The summed E-state index contributed by atoms with van der Waals surface area (Å²) in [5.41, 5.74) is 1.62. The number of amides is 1. The van der Waals surface area contributed by atoms with Crippen LogP contribution < -0.4 is 5.32 Å². The second-order valence-electron chi connectivity index (χ2n) is 7.16. The van der Waals surface area contributed by atoms with Crippen molar-refractivity contribution in [2.24, 2.45) is 23.7 Å². The van der Waals surface area contributed by atoms with Crippen LogP contribution in [0.2, 0.25) is 0 Å². The average molecular weight is 389 g/mol. The van der Waals surface area contributed by atoms with Gasteiger partial charge in [-0.1, -0.05) is 37.8 Å². The Hall–Kier alpha value is -1.86. The Morgan fingerprint density at radius 2 is 2.00 bits per heavy atom. The van der Waals surface area contributed by atoms with Crippen LogP contribution in [0, 0.1) is 23.7 Å². The van der Waals surface area contributed by atoms with Gasteiger partial charge in [0.15, 0.2) is 4.34 Å². The predicted octanol–water partition coefficient (Wildman–Crippen LogP) is 4.26. The predicted molar refractivity (Wildman–Crippen MR) is 105 cm³/mol. The minimum Gasteiger partial charge on any atom is -0.481 e. The molecule has 136 valence electrons. The highest BCUT2D eigenvalue weighted by Gasteiger charge is 2.51. The molecule has 2 bridgehead atoms. The van der Waals surface area contributed by atoms with E-state index in [1.165, 1.54) is 0 Å². The first kappa shape index (κ1) is 17.5. The van der Waals surface area contributed by atoms with Gasteiger partial charge in [0.2, 0.25) is 5.91 Å². The van der Waals surface area contributed by atoms with Crippen molar-refractivity contribution in [2.45, 2.75) is 29.9 Å². The monoisotopic (exact) mass is 388 g/mol. The number of carboxylic acid groups (broad SMARTS) is 1. The van der Waals surface area contributed by atoms with E-state index in [1.54, 1.807) is 23.1 Å². The smallest absolute Gasteiger partial charge is 0.307 e. The van der Waals surface area contributed by atoms with Crippen molar-refractivity contribution in [3.63, 3.8) is 0 Å². The molecule has 0 spiro atoms. The molecule has 4 rings (SSSR count). The Morgan fingerprint density at radius 1 is 1.27 bits per heavy atom. The summed E-state index contributed by atoms with van der Waals surface area (Å²) >= 11 is 3.34. The van der Waals surface area contributed by atoms with Crippen LogP contribution in [0.15, 0.2) is 34.7 Å². The maximum absolute atomic E-state index is 12.8. The van der Waals surface area contributed by atoms with Crippen LogP contribution >= 0.6 is 23.1 Å². The van der Waals surface area contributed by atoms with Crippen molar-refractivity contribution < 1.29 is 14.7 Å². The Balaban J connectivity index is 1.54. The zero-order valence-electron chi connectivity index (χ0n) is 14.5. The number of hydrogen-bond donors (Lipinski definition) is 2. The number of rotatable bonds is 5. The lowest BCUT2D eigenvalue weighted by molar-refractivity contribution is -0.146. The van der Waals surface area contributed by atoms with Gasteiger partial charge in [-0.2, -0.15) is 0 Å². The van der Waals surface area contributed by atoms with Gasteiger partial charge in [-0.05, 0) is 36.5 Å². The van der Waals surface area contributed by atoms with Gasteiger partial charge < -0.3 is 10.4 Å². The molecule has 0 radical (unpaired) electrons. The minimum atomic E-state index is -0.879. The van der Waals surface area contributed by atoms with Gasteiger partial charge in [0.1, 0.15) is 0 Å². The first-order chi connectivity index (χ1) is 12.4. The molecule has 1 aromatic carbocycles. The third-order valence-corrected chi connectivity index (χ3v) is 7.14. The number of allylic oxidation sites excluding steroid dienone is 2. The van der Waals surface area contributed by atoms with Crippen LogP contribution in [0.1, 0.15) is 20.3 Å². The Morgan fingerprint density at radius 3 is 2.69 bits per heavy atom. The SMILES string of the molecule is CC(C)Sc1nc2ccc(NC(=O)[C@@H]3[C@@H](C(=O)O)[C@H]4C=C[C@H]3C4)cc2s1. The lowest BCUT2D eigenvalue weighted by atomic mass is 9.82. The van der Waals surface area contributed by atoms with Crippen molar-refractivity contribution in [3.8, 4) is 0 Å². The van der Waals surface area contributed by atoms with E-state index in [9.17, 15) is 14.7 Å². The van der Waals surface area contributed by atoms with Gasteiger partial charge in [-0.15, -0.1) is 11.3 Å². The normalized spacial score (nSPS) is 26.7. The average Bonchev–Trinajstić information content (AvgIpc) is 3.26. The fourth-order valence-corrected chi connectivity index (χ4v) is 6.30. The van der Waals surface area contributed by atoms with Gasteiger partial charge in [-0.3, -0.25) is 9.59 Å². The van der Waals surface area contributed by atoms with Gasteiger partial charge in [-0.25, -0.2) is 4.98 Å². The zero-order chi connectivity index (χ0) is 18.4. The number of thioether (sulfide) groups is 1. The Kier molecular flexibility index (Phi) is 4.52. The van der Waals surface area contributed by atoms with E-state index in [1.807, 2.05) is 30.4 Å². The number of carbonyl (C=O) groups is 2.